The van der Waals surface area contributed by atoms with Gasteiger partial charge in [-0.3, -0.25) is 4.98 Å². The minimum atomic E-state index is -0.236. The number of benzene rings is 1. The first-order valence-electron chi connectivity index (χ1n) is 5.83. The third kappa shape index (κ3) is 3.68. The summed E-state index contributed by atoms with van der Waals surface area (Å²) in [6.45, 7) is 0. The van der Waals surface area contributed by atoms with Crippen molar-refractivity contribution in [3.8, 4) is 5.75 Å². The third-order valence-corrected chi connectivity index (χ3v) is 3.75. The molecule has 19 heavy (non-hydrogen) atoms. The molecule has 0 saturated carbocycles. The van der Waals surface area contributed by atoms with Crippen LogP contribution in [0.3, 0.4) is 0 Å². The second-order valence-electron chi connectivity index (χ2n) is 3.96. The summed E-state index contributed by atoms with van der Waals surface area (Å²) in [7, 11) is 1.60. The number of ether oxygens (including phenoxy) is 1. The van der Waals surface area contributed by atoms with Crippen LogP contribution in [0.15, 0.2) is 47.5 Å². The molecule has 0 aliphatic heterocycles. The van der Waals surface area contributed by atoms with Crippen molar-refractivity contribution >= 4 is 11.8 Å². The molecule has 0 aliphatic rings. The zero-order valence-electron chi connectivity index (χ0n) is 10.5. The van der Waals surface area contributed by atoms with Gasteiger partial charge in [-0.25, -0.2) is 4.39 Å². The number of pyridine rings is 1. The predicted molar refractivity (Wildman–Crippen MR) is 74.8 cm³/mol. The Labute approximate surface area is 116 Å². The van der Waals surface area contributed by atoms with Crippen LogP contribution in [0.4, 0.5) is 4.39 Å². The average Bonchev–Trinajstić information content (AvgIpc) is 2.46. The number of hydrogen-bond acceptors (Lipinski definition) is 4. The molecule has 0 fully saturated rings. The molecular weight excluding hydrogens is 263 g/mol. The van der Waals surface area contributed by atoms with E-state index >= 15 is 0 Å². The van der Waals surface area contributed by atoms with Crippen LogP contribution in [-0.2, 0) is 0 Å². The van der Waals surface area contributed by atoms with Crippen LogP contribution in [0.1, 0.15) is 11.7 Å². The van der Waals surface area contributed by atoms with E-state index in [0.717, 1.165) is 10.6 Å². The van der Waals surface area contributed by atoms with Gasteiger partial charge in [0, 0.05) is 16.8 Å². The predicted octanol–water partition coefficient (Wildman–Crippen LogP) is 3.02. The Bertz CT molecular complexity index is 533. The van der Waals surface area contributed by atoms with Gasteiger partial charge in [0.05, 0.1) is 18.8 Å². The molecule has 2 rings (SSSR count). The summed E-state index contributed by atoms with van der Waals surface area (Å²) in [6.07, 6.45) is 1.69. The molecule has 0 saturated heterocycles. The van der Waals surface area contributed by atoms with Gasteiger partial charge < -0.3 is 10.5 Å². The zero-order valence-corrected chi connectivity index (χ0v) is 11.4. The molecule has 5 heteroatoms. The Morgan fingerprint density at radius 3 is 2.74 bits per heavy atom. The highest BCUT2D eigenvalue weighted by Crippen LogP contribution is 2.27. The molecule has 0 aliphatic carbocycles. The normalized spacial score (nSPS) is 12.2. The monoisotopic (exact) mass is 278 g/mol. The molecule has 0 bridgehead atoms. The van der Waals surface area contributed by atoms with Gasteiger partial charge in [-0.1, -0.05) is 0 Å². The fourth-order valence-electron chi connectivity index (χ4n) is 1.65. The number of nitrogens with two attached hydrogens (primary N) is 1. The Morgan fingerprint density at radius 2 is 2.05 bits per heavy atom. The topological polar surface area (TPSA) is 48.1 Å². The quantitative estimate of drug-likeness (QED) is 0.854. The summed E-state index contributed by atoms with van der Waals surface area (Å²) in [5.74, 6) is 1.11. The lowest BCUT2D eigenvalue weighted by molar-refractivity contribution is 0.404. The molecule has 1 atom stereocenters. The van der Waals surface area contributed by atoms with Crippen molar-refractivity contribution in [2.45, 2.75) is 10.9 Å². The van der Waals surface area contributed by atoms with Crippen LogP contribution in [0.5, 0.6) is 5.75 Å². The number of thioether (sulfide) groups is 1. The van der Waals surface area contributed by atoms with Crippen molar-refractivity contribution in [1.82, 2.24) is 4.98 Å². The SMILES string of the molecule is COc1cccnc1C(N)CSc1ccc(F)cc1. The van der Waals surface area contributed by atoms with E-state index in [4.69, 9.17) is 10.5 Å². The van der Waals surface area contributed by atoms with E-state index in [1.54, 1.807) is 37.2 Å². The summed E-state index contributed by atoms with van der Waals surface area (Å²) >= 11 is 1.56. The molecule has 0 radical (unpaired) electrons. The van der Waals surface area contributed by atoms with Crippen molar-refractivity contribution in [2.75, 3.05) is 12.9 Å². The van der Waals surface area contributed by atoms with E-state index in [9.17, 15) is 4.39 Å². The van der Waals surface area contributed by atoms with Crippen molar-refractivity contribution in [3.05, 3.63) is 54.1 Å². The number of nitrogens with zero attached hydrogens (tertiary/aromatic N) is 1. The van der Waals surface area contributed by atoms with E-state index in [0.29, 0.717) is 11.5 Å². The van der Waals surface area contributed by atoms with E-state index in [1.807, 2.05) is 12.1 Å². The minimum Gasteiger partial charge on any atom is -0.495 e. The van der Waals surface area contributed by atoms with Gasteiger partial charge in [0.1, 0.15) is 11.6 Å². The molecule has 2 aromatic rings. The molecule has 1 unspecified atom stereocenters. The summed E-state index contributed by atoms with van der Waals surface area (Å²) in [6, 6.07) is 9.77. The van der Waals surface area contributed by atoms with Crippen LogP contribution in [0.2, 0.25) is 0 Å². The highest BCUT2D eigenvalue weighted by Gasteiger charge is 2.13. The molecule has 2 N–H and O–H groups in total. The van der Waals surface area contributed by atoms with Gasteiger partial charge in [0.25, 0.3) is 0 Å². The Hall–Kier alpha value is -1.59. The largest absolute Gasteiger partial charge is 0.495 e. The van der Waals surface area contributed by atoms with Crippen LogP contribution in [0, 0.1) is 5.82 Å². The molecule has 1 heterocycles. The first-order chi connectivity index (χ1) is 9.20. The van der Waals surface area contributed by atoms with Gasteiger partial charge >= 0.3 is 0 Å². The van der Waals surface area contributed by atoms with Gasteiger partial charge in [-0.15, -0.1) is 11.8 Å². The smallest absolute Gasteiger partial charge is 0.142 e. The maximum Gasteiger partial charge on any atom is 0.142 e. The van der Waals surface area contributed by atoms with Crippen LogP contribution in [-0.4, -0.2) is 17.8 Å². The molecule has 3 nitrogen and oxygen atoms in total. The molecule has 1 aromatic carbocycles. The Kier molecular flexibility index (Phi) is 4.76. The van der Waals surface area contributed by atoms with Crippen LogP contribution >= 0.6 is 11.8 Å². The average molecular weight is 278 g/mol. The van der Waals surface area contributed by atoms with Gasteiger partial charge in [-0.2, -0.15) is 0 Å². The summed E-state index contributed by atoms with van der Waals surface area (Å²) in [5.41, 5.74) is 6.85. The van der Waals surface area contributed by atoms with E-state index in [2.05, 4.69) is 4.98 Å². The number of halogens is 1. The first-order valence-corrected chi connectivity index (χ1v) is 6.82. The summed E-state index contributed by atoms with van der Waals surface area (Å²) in [5, 5.41) is 0. The molecule has 0 amide bonds. The number of aromatic nitrogens is 1. The lowest BCUT2D eigenvalue weighted by Gasteiger charge is -2.13. The highest BCUT2D eigenvalue weighted by molar-refractivity contribution is 7.99. The number of hydrogen-bond donors (Lipinski definition) is 1. The minimum absolute atomic E-state index is 0.230. The first kappa shape index (κ1) is 13.8. The van der Waals surface area contributed by atoms with E-state index in [1.165, 1.54) is 12.1 Å². The highest BCUT2D eigenvalue weighted by atomic mass is 32.2. The fraction of sp³-hybridized carbons (Fsp3) is 0.214. The second kappa shape index (κ2) is 6.54. The zero-order chi connectivity index (χ0) is 13.7. The summed E-state index contributed by atoms with van der Waals surface area (Å²) < 4.78 is 18.0. The third-order valence-electron chi connectivity index (χ3n) is 2.61. The molecule has 100 valence electrons. The Morgan fingerprint density at radius 1 is 1.32 bits per heavy atom. The number of rotatable bonds is 5. The van der Waals surface area contributed by atoms with Gasteiger partial charge in [0.15, 0.2) is 0 Å². The molecule has 0 spiro atoms. The van der Waals surface area contributed by atoms with Crippen molar-refractivity contribution in [1.29, 1.82) is 0 Å². The van der Waals surface area contributed by atoms with Crippen LogP contribution < -0.4 is 10.5 Å². The van der Waals surface area contributed by atoms with Gasteiger partial charge in [0.2, 0.25) is 0 Å². The maximum atomic E-state index is 12.8. The lowest BCUT2D eigenvalue weighted by atomic mass is 10.2. The van der Waals surface area contributed by atoms with Crippen molar-refractivity contribution in [3.63, 3.8) is 0 Å². The summed E-state index contributed by atoms with van der Waals surface area (Å²) in [4.78, 5) is 5.23. The molecular formula is C14H15FN2OS. The van der Waals surface area contributed by atoms with Crippen molar-refractivity contribution in [2.24, 2.45) is 5.73 Å². The van der Waals surface area contributed by atoms with Gasteiger partial charge in [-0.05, 0) is 36.4 Å². The van der Waals surface area contributed by atoms with E-state index < -0.39 is 0 Å². The number of methoxy groups -OCH3 is 1. The van der Waals surface area contributed by atoms with Crippen LogP contribution in [0.25, 0.3) is 0 Å². The maximum absolute atomic E-state index is 12.8. The van der Waals surface area contributed by atoms with E-state index in [-0.39, 0.29) is 11.9 Å². The lowest BCUT2D eigenvalue weighted by Crippen LogP contribution is -2.15. The van der Waals surface area contributed by atoms with Crippen molar-refractivity contribution < 1.29 is 9.13 Å². The Balaban J connectivity index is 2.01. The standard InChI is InChI=1S/C14H15FN2OS/c1-18-13-3-2-8-17-14(13)12(16)9-19-11-6-4-10(15)5-7-11/h2-8,12H,9,16H2,1H3. The molecule has 1 aromatic heterocycles. The second-order valence-corrected chi connectivity index (χ2v) is 5.06. The fourth-order valence-corrected chi connectivity index (χ4v) is 2.51.